The highest BCUT2D eigenvalue weighted by atomic mass is 35.5. The summed E-state index contributed by atoms with van der Waals surface area (Å²) >= 11 is 5.97. The third-order valence-electron chi connectivity index (χ3n) is 4.44. The smallest absolute Gasteiger partial charge is 0.224 e. The summed E-state index contributed by atoms with van der Waals surface area (Å²) in [7, 11) is 0. The second-order valence-corrected chi connectivity index (χ2v) is 6.77. The fourth-order valence-electron chi connectivity index (χ4n) is 3.15. The molecule has 2 aromatic carbocycles. The molecule has 0 unspecified atom stereocenters. The highest BCUT2D eigenvalue weighted by Crippen LogP contribution is 2.16. The van der Waals surface area contributed by atoms with E-state index in [9.17, 15) is 4.79 Å². The lowest BCUT2D eigenvalue weighted by Crippen LogP contribution is -2.26. The van der Waals surface area contributed by atoms with Crippen molar-refractivity contribution in [2.75, 3.05) is 13.1 Å². The Balaban J connectivity index is 1.56. The fourth-order valence-corrected chi connectivity index (χ4v) is 3.37. The van der Waals surface area contributed by atoms with Gasteiger partial charge in [-0.05, 0) is 54.8 Å². The van der Waals surface area contributed by atoms with E-state index in [2.05, 4.69) is 28.4 Å². The van der Waals surface area contributed by atoms with Crippen LogP contribution in [0.2, 0.25) is 5.02 Å². The van der Waals surface area contributed by atoms with Crippen molar-refractivity contribution in [2.24, 2.45) is 0 Å². The molecule has 0 aromatic heterocycles. The van der Waals surface area contributed by atoms with Gasteiger partial charge in [0, 0.05) is 18.1 Å². The lowest BCUT2D eigenvalue weighted by molar-refractivity contribution is -0.120. The van der Waals surface area contributed by atoms with E-state index in [1.807, 2.05) is 30.3 Å². The van der Waals surface area contributed by atoms with Crippen LogP contribution < -0.4 is 5.32 Å². The van der Waals surface area contributed by atoms with Gasteiger partial charge in [0.2, 0.25) is 5.91 Å². The first-order valence-electron chi connectivity index (χ1n) is 8.51. The van der Waals surface area contributed by atoms with Gasteiger partial charge in [-0.1, -0.05) is 48.0 Å². The molecule has 1 aliphatic rings. The number of amides is 1. The third kappa shape index (κ3) is 4.83. The zero-order valence-electron chi connectivity index (χ0n) is 13.8. The fraction of sp³-hybridized carbons (Fsp3) is 0.350. The summed E-state index contributed by atoms with van der Waals surface area (Å²) in [6.07, 6.45) is 2.94. The molecule has 0 atom stereocenters. The van der Waals surface area contributed by atoms with Crippen LogP contribution in [-0.2, 0) is 24.3 Å². The maximum atomic E-state index is 12.2. The number of nitrogens with zero attached hydrogens (tertiary/aromatic N) is 1. The van der Waals surface area contributed by atoms with Crippen molar-refractivity contribution >= 4 is 17.5 Å². The minimum absolute atomic E-state index is 0.0215. The molecule has 1 aliphatic heterocycles. The largest absolute Gasteiger partial charge is 0.352 e. The molecule has 1 saturated heterocycles. The molecule has 1 heterocycles. The summed E-state index contributed by atoms with van der Waals surface area (Å²) in [6, 6.07) is 15.8. The van der Waals surface area contributed by atoms with Gasteiger partial charge in [0.15, 0.2) is 0 Å². The number of carbonyl (C=O) groups excluding carboxylic acids is 1. The standard InChI is InChI=1S/C20H23ClN2O/c21-19-9-5-6-16(12-19)13-20(24)22-14-17-7-1-2-8-18(17)15-23-10-3-4-11-23/h1-2,5-9,12H,3-4,10-11,13-15H2,(H,22,24). The van der Waals surface area contributed by atoms with Crippen LogP contribution in [0.15, 0.2) is 48.5 Å². The number of halogens is 1. The zero-order valence-corrected chi connectivity index (χ0v) is 14.6. The van der Waals surface area contributed by atoms with Crippen LogP contribution in [0.5, 0.6) is 0 Å². The Bertz CT molecular complexity index is 696. The summed E-state index contributed by atoms with van der Waals surface area (Å²) in [5.41, 5.74) is 3.44. The highest BCUT2D eigenvalue weighted by molar-refractivity contribution is 6.30. The molecular formula is C20H23ClN2O. The number of nitrogens with one attached hydrogen (secondary N) is 1. The minimum Gasteiger partial charge on any atom is -0.352 e. The number of hydrogen-bond acceptors (Lipinski definition) is 2. The average molecular weight is 343 g/mol. The van der Waals surface area contributed by atoms with Gasteiger partial charge in [-0.15, -0.1) is 0 Å². The van der Waals surface area contributed by atoms with Gasteiger partial charge in [-0.2, -0.15) is 0 Å². The maximum Gasteiger partial charge on any atom is 0.224 e. The van der Waals surface area contributed by atoms with Gasteiger partial charge in [-0.25, -0.2) is 0 Å². The molecule has 0 radical (unpaired) electrons. The van der Waals surface area contributed by atoms with E-state index in [0.29, 0.717) is 18.0 Å². The SMILES string of the molecule is O=C(Cc1cccc(Cl)c1)NCc1ccccc1CN1CCCC1. The van der Waals surface area contributed by atoms with Crippen LogP contribution in [0.4, 0.5) is 0 Å². The highest BCUT2D eigenvalue weighted by Gasteiger charge is 2.13. The molecular weight excluding hydrogens is 320 g/mol. The molecule has 1 N–H and O–H groups in total. The van der Waals surface area contributed by atoms with E-state index in [-0.39, 0.29) is 5.91 Å². The third-order valence-corrected chi connectivity index (χ3v) is 4.68. The predicted octanol–water partition coefficient (Wildman–Crippen LogP) is 3.79. The number of hydrogen-bond donors (Lipinski definition) is 1. The van der Waals surface area contributed by atoms with E-state index in [1.165, 1.54) is 37.1 Å². The molecule has 0 bridgehead atoms. The van der Waals surface area contributed by atoms with Gasteiger partial charge < -0.3 is 5.32 Å². The van der Waals surface area contributed by atoms with Crippen LogP contribution >= 0.6 is 11.6 Å². The van der Waals surface area contributed by atoms with Crippen molar-refractivity contribution < 1.29 is 4.79 Å². The molecule has 1 fully saturated rings. The minimum atomic E-state index is 0.0215. The average Bonchev–Trinajstić information content (AvgIpc) is 3.07. The Kier molecular flexibility index (Phi) is 5.89. The van der Waals surface area contributed by atoms with E-state index in [1.54, 1.807) is 0 Å². The molecule has 0 saturated carbocycles. The van der Waals surface area contributed by atoms with Crippen LogP contribution in [0.3, 0.4) is 0 Å². The summed E-state index contributed by atoms with van der Waals surface area (Å²) < 4.78 is 0. The summed E-state index contributed by atoms with van der Waals surface area (Å²) in [4.78, 5) is 14.7. The number of carbonyl (C=O) groups is 1. The Morgan fingerprint density at radius 1 is 1.04 bits per heavy atom. The van der Waals surface area contributed by atoms with Gasteiger partial charge in [-0.3, -0.25) is 9.69 Å². The number of rotatable bonds is 6. The van der Waals surface area contributed by atoms with Crippen LogP contribution in [0.1, 0.15) is 29.5 Å². The van der Waals surface area contributed by atoms with Gasteiger partial charge in [0.1, 0.15) is 0 Å². The Hall–Kier alpha value is -1.84. The Morgan fingerprint density at radius 3 is 2.54 bits per heavy atom. The van der Waals surface area contributed by atoms with E-state index in [4.69, 9.17) is 11.6 Å². The van der Waals surface area contributed by atoms with Crippen molar-refractivity contribution in [3.63, 3.8) is 0 Å². The normalized spacial score (nSPS) is 14.7. The maximum absolute atomic E-state index is 12.2. The molecule has 126 valence electrons. The molecule has 1 amide bonds. The zero-order chi connectivity index (χ0) is 16.8. The van der Waals surface area contributed by atoms with Gasteiger partial charge >= 0.3 is 0 Å². The second-order valence-electron chi connectivity index (χ2n) is 6.34. The number of benzene rings is 2. The number of likely N-dealkylation sites (tertiary alicyclic amines) is 1. The first-order chi connectivity index (χ1) is 11.7. The monoisotopic (exact) mass is 342 g/mol. The molecule has 4 heteroatoms. The van der Waals surface area contributed by atoms with Crippen LogP contribution in [0.25, 0.3) is 0 Å². The van der Waals surface area contributed by atoms with Gasteiger partial charge in [0.05, 0.1) is 6.42 Å². The van der Waals surface area contributed by atoms with Crippen LogP contribution in [0, 0.1) is 0 Å². The summed E-state index contributed by atoms with van der Waals surface area (Å²) in [5.74, 6) is 0.0215. The summed E-state index contributed by atoms with van der Waals surface area (Å²) in [5, 5.41) is 3.69. The van der Waals surface area contributed by atoms with E-state index >= 15 is 0 Å². The Labute approximate surface area is 148 Å². The molecule has 0 aliphatic carbocycles. The summed E-state index contributed by atoms with van der Waals surface area (Å²) in [6.45, 7) is 3.90. The second kappa shape index (κ2) is 8.32. The quantitative estimate of drug-likeness (QED) is 0.866. The predicted molar refractivity (Wildman–Crippen MR) is 98.0 cm³/mol. The Morgan fingerprint density at radius 2 is 1.79 bits per heavy atom. The topological polar surface area (TPSA) is 32.3 Å². The van der Waals surface area contributed by atoms with Crippen LogP contribution in [-0.4, -0.2) is 23.9 Å². The van der Waals surface area contributed by atoms with Crippen molar-refractivity contribution in [3.05, 3.63) is 70.2 Å². The van der Waals surface area contributed by atoms with Gasteiger partial charge in [0.25, 0.3) is 0 Å². The lowest BCUT2D eigenvalue weighted by atomic mass is 10.1. The van der Waals surface area contributed by atoms with Crippen molar-refractivity contribution in [1.82, 2.24) is 10.2 Å². The molecule has 3 nitrogen and oxygen atoms in total. The van der Waals surface area contributed by atoms with Crippen molar-refractivity contribution in [3.8, 4) is 0 Å². The molecule has 24 heavy (non-hydrogen) atoms. The van der Waals surface area contributed by atoms with E-state index in [0.717, 1.165) is 12.1 Å². The van der Waals surface area contributed by atoms with E-state index < -0.39 is 0 Å². The molecule has 0 spiro atoms. The molecule has 2 aromatic rings. The first kappa shape index (κ1) is 17.0. The lowest BCUT2D eigenvalue weighted by Gasteiger charge is -2.17. The van der Waals surface area contributed by atoms with Crippen molar-refractivity contribution in [1.29, 1.82) is 0 Å². The molecule has 3 rings (SSSR count). The van der Waals surface area contributed by atoms with Crippen molar-refractivity contribution in [2.45, 2.75) is 32.4 Å². The first-order valence-corrected chi connectivity index (χ1v) is 8.89.